The zero-order valence-corrected chi connectivity index (χ0v) is 24.1. The van der Waals surface area contributed by atoms with E-state index in [2.05, 4.69) is 15.2 Å². The van der Waals surface area contributed by atoms with Gasteiger partial charge in [0.15, 0.2) is 0 Å². The number of aromatic amines is 1. The van der Waals surface area contributed by atoms with Gasteiger partial charge in [0.25, 0.3) is 21.8 Å². The summed E-state index contributed by atoms with van der Waals surface area (Å²) >= 11 is 6.17. The maximum atomic E-state index is 13.7. The lowest BCUT2D eigenvalue weighted by atomic mass is 10.0. The molecule has 1 aromatic heterocycles. The van der Waals surface area contributed by atoms with Crippen molar-refractivity contribution in [3.05, 3.63) is 75.1 Å². The monoisotopic (exact) mass is 579 g/mol. The molecule has 11 heteroatoms. The van der Waals surface area contributed by atoms with Crippen LogP contribution in [-0.2, 0) is 21.2 Å². The van der Waals surface area contributed by atoms with E-state index in [9.17, 15) is 18.0 Å². The Hall–Kier alpha value is -3.60. The molecule has 3 aliphatic heterocycles. The fraction of sp³-hybridized carbons (Fsp3) is 0.310. The molecule has 0 saturated carbocycles. The van der Waals surface area contributed by atoms with Crippen molar-refractivity contribution < 1.29 is 18.0 Å². The van der Waals surface area contributed by atoms with Gasteiger partial charge in [-0.1, -0.05) is 17.7 Å². The van der Waals surface area contributed by atoms with Gasteiger partial charge in [-0.05, 0) is 74.9 Å². The van der Waals surface area contributed by atoms with Crippen molar-refractivity contribution >= 4 is 56.5 Å². The number of aromatic nitrogens is 1. The fourth-order valence-electron chi connectivity index (χ4n) is 5.72. The summed E-state index contributed by atoms with van der Waals surface area (Å²) in [6.45, 7) is 7.01. The van der Waals surface area contributed by atoms with E-state index < -0.39 is 10.0 Å². The van der Waals surface area contributed by atoms with Gasteiger partial charge in [-0.3, -0.25) is 13.9 Å². The molecule has 4 heterocycles. The quantitative estimate of drug-likeness (QED) is 0.456. The first-order valence-corrected chi connectivity index (χ1v) is 15.0. The standard InChI is InChI=1S/C29H30ClN5O4S/c1-17-25(31-18(2)27(17)29(37)34-12-10-33(3)11-13-34)16-23-22-15-21(6-7-24(22)32-28(23)36)40(38,39)35-9-8-19-4-5-20(30)14-26(19)35/h4-7,14-16,31H,8-13H2,1-3H3,(H,32,36). The highest BCUT2D eigenvalue weighted by Gasteiger charge is 2.34. The largest absolute Gasteiger partial charge is 0.358 e. The van der Waals surface area contributed by atoms with E-state index in [0.717, 1.165) is 29.9 Å². The van der Waals surface area contributed by atoms with Crippen molar-refractivity contribution in [1.82, 2.24) is 14.8 Å². The molecular weight excluding hydrogens is 550 g/mol. The summed E-state index contributed by atoms with van der Waals surface area (Å²) < 4.78 is 28.8. The Morgan fingerprint density at radius 1 is 1.02 bits per heavy atom. The summed E-state index contributed by atoms with van der Waals surface area (Å²) in [6.07, 6.45) is 2.30. The van der Waals surface area contributed by atoms with Gasteiger partial charge in [-0.15, -0.1) is 0 Å². The number of hydrogen-bond donors (Lipinski definition) is 2. The molecule has 2 aromatic carbocycles. The number of carbonyl (C=O) groups is 2. The number of piperazine rings is 1. The number of sulfonamides is 1. The summed E-state index contributed by atoms with van der Waals surface area (Å²) in [6, 6.07) is 9.94. The van der Waals surface area contributed by atoms with Crippen molar-refractivity contribution in [3.63, 3.8) is 0 Å². The second-order valence-corrected chi connectivity index (χ2v) is 12.9. The maximum Gasteiger partial charge on any atom is 0.264 e. The van der Waals surface area contributed by atoms with Gasteiger partial charge < -0.3 is 20.1 Å². The van der Waals surface area contributed by atoms with Crippen LogP contribution in [0.2, 0.25) is 5.02 Å². The number of nitrogens with one attached hydrogen (secondary N) is 2. The Kier molecular flexibility index (Phi) is 6.52. The van der Waals surface area contributed by atoms with E-state index >= 15 is 0 Å². The smallest absolute Gasteiger partial charge is 0.264 e. The van der Waals surface area contributed by atoms with Crippen molar-refractivity contribution in [3.8, 4) is 0 Å². The van der Waals surface area contributed by atoms with Crippen LogP contribution in [0, 0.1) is 13.8 Å². The minimum Gasteiger partial charge on any atom is -0.358 e. The summed E-state index contributed by atoms with van der Waals surface area (Å²) in [5.41, 5.74) is 5.60. The molecule has 3 aliphatic rings. The van der Waals surface area contributed by atoms with E-state index in [1.807, 2.05) is 31.9 Å². The minimum absolute atomic E-state index is 0.0281. The van der Waals surface area contributed by atoms with Crippen LogP contribution in [0.15, 0.2) is 41.3 Å². The number of H-pyrrole nitrogens is 1. The number of benzene rings is 2. The molecule has 2 N–H and O–H groups in total. The summed E-state index contributed by atoms with van der Waals surface area (Å²) in [7, 11) is -1.85. The number of carbonyl (C=O) groups excluding carboxylic acids is 2. The van der Waals surface area contributed by atoms with Crippen molar-refractivity contribution in [1.29, 1.82) is 0 Å². The number of amides is 2. The van der Waals surface area contributed by atoms with Crippen LogP contribution in [0.25, 0.3) is 11.6 Å². The number of halogens is 1. The number of rotatable bonds is 4. The highest BCUT2D eigenvalue weighted by Crippen LogP contribution is 2.39. The van der Waals surface area contributed by atoms with Gasteiger partial charge in [0, 0.05) is 60.4 Å². The fourth-order valence-corrected chi connectivity index (χ4v) is 7.41. The molecule has 6 rings (SSSR count). The molecule has 9 nitrogen and oxygen atoms in total. The molecule has 0 bridgehead atoms. The molecule has 40 heavy (non-hydrogen) atoms. The van der Waals surface area contributed by atoms with Crippen molar-refractivity contribution in [2.75, 3.05) is 49.4 Å². The molecule has 0 radical (unpaired) electrons. The first-order chi connectivity index (χ1) is 19.0. The molecule has 3 aromatic rings. The average Bonchev–Trinajstić information content (AvgIpc) is 3.57. The number of likely N-dealkylation sites (N-methyl/N-ethyl adjacent to an activating group) is 1. The lowest BCUT2D eigenvalue weighted by molar-refractivity contribution is -0.110. The number of fused-ring (bicyclic) bond motifs is 2. The zero-order chi connectivity index (χ0) is 28.3. The topological polar surface area (TPSA) is 106 Å². The molecular formula is C29H30ClN5O4S. The van der Waals surface area contributed by atoms with Gasteiger partial charge in [-0.2, -0.15) is 0 Å². The molecule has 208 valence electrons. The van der Waals surface area contributed by atoms with Crippen LogP contribution in [-0.4, -0.2) is 74.8 Å². The Bertz CT molecular complexity index is 1700. The van der Waals surface area contributed by atoms with Gasteiger partial charge in [-0.25, -0.2) is 8.42 Å². The molecule has 2 amide bonds. The second-order valence-electron chi connectivity index (χ2n) is 10.6. The highest BCUT2D eigenvalue weighted by molar-refractivity contribution is 7.92. The number of anilines is 2. The molecule has 1 saturated heterocycles. The van der Waals surface area contributed by atoms with E-state index in [0.29, 0.717) is 64.8 Å². The Morgan fingerprint density at radius 3 is 2.52 bits per heavy atom. The van der Waals surface area contributed by atoms with Crippen LogP contribution in [0.4, 0.5) is 11.4 Å². The van der Waals surface area contributed by atoms with E-state index in [-0.39, 0.29) is 16.7 Å². The minimum atomic E-state index is -3.90. The van der Waals surface area contributed by atoms with E-state index in [1.54, 1.807) is 30.3 Å². The third kappa shape index (κ3) is 4.40. The molecule has 0 spiro atoms. The first kappa shape index (κ1) is 26.6. The Labute approximate surface area is 238 Å². The van der Waals surface area contributed by atoms with Gasteiger partial charge in [0.05, 0.1) is 21.7 Å². The SMILES string of the molecule is Cc1[nH]c(C=C2C(=O)Nc3ccc(S(=O)(=O)N4CCc5ccc(Cl)cc54)cc32)c(C)c1C(=O)N1CCN(C)CC1. The third-order valence-corrected chi connectivity index (χ3v) is 10.1. The number of nitrogens with zero attached hydrogens (tertiary/aromatic N) is 3. The Morgan fingerprint density at radius 2 is 1.77 bits per heavy atom. The third-order valence-electron chi connectivity index (χ3n) is 8.03. The average molecular weight is 580 g/mol. The normalized spacial score (nSPS) is 18.3. The van der Waals surface area contributed by atoms with Gasteiger partial charge >= 0.3 is 0 Å². The number of hydrogen-bond acceptors (Lipinski definition) is 5. The summed E-state index contributed by atoms with van der Waals surface area (Å²) in [5, 5.41) is 3.30. The maximum absolute atomic E-state index is 13.7. The summed E-state index contributed by atoms with van der Waals surface area (Å²) in [5.74, 6) is -0.360. The predicted molar refractivity (Wildman–Crippen MR) is 156 cm³/mol. The van der Waals surface area contributed by atoms with Gasteiger partial charge in [0.2, 0.25) is 0 Å². The second kappa shape index (κ2) is 9.79. The van der Waals surface area contributed by atoms with Crippen LogP contribution in [0.1, 0.15) is 38.4 Å². The molecule has 0 atom stereocenters. The van der Waals surface area contributed by atoms with Crippen LogP contribution in [0.3, 0.4) is 0 Å². The van der Waals surface area contributed by atoms with Crippen LogP contribution in [0.5, 0.6) is 0 Å². The molecule has 1 fully saturated rings. The number of aryl methyl sites for hydroxylation is 1. The highest BCUT2D eigenvalue weighted by atomic mass is 35.5. The first-order valence-electron chi connectivity index (χ1n) is 13.2. The predicted octanol–water partition coefficient (Wildman–Crippen LogP) is 3.92. The summed E-state index contributed by atoms with van der Waals surface area (Å²) in [4.78, 5) is 33.8. The van der Waals surface area contributed by atoms with Crippen molar-refractivity contribution in [2.24, 2.45) is 0 Å². The Balaban J connectivity index is 1.35. The van der Waals surface area contributed by atoms with Gasteiger partial charge in [0.1, 0.15) is 0 Å². The van der Waals surface area contributed by atoms with E-state index in [4.69, 9.17) is 11.6 Å². The van der Waals surface area contributed by atoms with Crippen LogP contribution >= 0.6 is 11.6 Å². The molecule has 0 aliphatic carbocycles. The van der Waals surface area contributed by atoms with Crippen molar-refractivity contribution in [2.45, 2.75) is 25.2 Å². The molecule has 0 unspecified atom stereocenters. The lowest BCUT2D eigenvalue weighted by Crippen LogP contribution is -2.47. The van der Waals surface area contributed by atoms with Crippen LogP contribution < -0.4 is 9.62 Å². The van der Waals surface area contributed by atoms with E-state index in [1.165, 1.54) is 10.4 Å². The zero-order valence-electron chi connectivity index (χ0n) is 22.5. The lowest BCUT2D eigenvalue weighted by Gasteiger charge is -2.32.